The second-order valence-corrected chi connectivity index (χ2v) is 8.72. The molecule has 0 fully saturated rings. The minimum Gasteiger partial charge on any atom is -0.465 e. The Labute approximate surface area is 204 Å². The van der Waals surface area contributed by atoms with Gasteiger partial charge in [-0.2, -0.15) is 5.10 Å². The summed E-state index contributed by atoms with van der Waals surface area (Å²) in [6, 6.07) is 7.94. The van der Waals surface area contributed by atoms with Crippen molar-refractivity contribution in [3.63, 3.8) is 0 Å². The number of amides is 2. The molecule has 2 N–H and O–H groups in total. The molecule has 0 radical (unpaired) electrons. The molecule has 1 aromatic carbocycles. The molecule has 0 spiro atoms. The Morgan fingerprint density at radius 1 is 1.29 bits per heavy atom. The summed E-state index contributed by atoms with van der Waals surface area (Å²) >= 11 is 18.9. The zero-order valence-corrected chi connectivity index (χ0v) is 20.6. The first-order valence-corrected chi connectivity index (χ1v) is 11.4. The number of hydrogen-bond donors (Lipinski definition) is 2. The van der Waals surface area contributed by atoms with Crippen LogP contribution in [0.2, 0.25) is 10.0 Å². The van der Waals surface area contributed by atoms with Gasteiger partial charge >= 0.3 is 6.09 Å². The van der Waals surface area contributed by atoms with E-state index in [-0.39, 0.29) is 23.7 Å². The van der Waals surface area contributed by atoms with E-state index in [1.807, 2.05) is 0 Å². The molecule has 0 atom stereocenters. The second-order valence-electron chi connectivity index (χ2n) is 6.27. The van der Waals surface area contributed by atoms with E-state index in [1.165, 1.54) is 23.0 Å². The third kappa shape index (κ3) is 5.20. The molecule has 0 saturated heterocycles. The number of nitrogens with one attached hydrogen (secondary N) is 1. The summed E-state index contributed by atoms with van der Waals surface area (Å²) < 4.78 is 1.71. The molecule has 0 aliphatic carbocycles. The molecule has 162 valence electrons. The van der Waals surface area contributed by atoms with Crippen molar-refractivity contribution < 1.29 is 14.7 Å². The maximum atomic E-state index is 13.2. The highest BCUT2D eigenvalue weighted by atomic mass is 79.9. The number of carbonyl (C=O) groups is 2. The summed E-state index contributed by atoms with van der Waals surface area (Å²) in [7, 11) is 0. The lowest BCUT2D eigenvalue weighted by molar-refractivity contribution is 0.101. The number of aromatic nitrogens is 3. The van der Waals surface area contributed by atoms with Crippen LogP contribution in [0.5, 0.6) is 0 Å². The normalized spacial score (nSPS) is 10.7. The van der Waals surface area contributed by atoms with Gasteiger partial charge in [-0.1, -0.05) is 39.1 Å². The maximum absolute atomic E-state index is 13.2. The van der Waals surface area contributed by atoms with Gasteiger partial charge in [0.25, 0.3) is 5.91 Å². The molecule has 31 heavy (non-hydrogen) atoms. The van der Waals surface area contributed by atoms with Crippen LogP contribution in [0.4, 0.5) is 16.2 Å². The van der Waals surface area contributed by atoms with Gasteiger partial charge < -0.3 is 10.4 Å². The molecule has 2 aromatic heterocycles. The molecule has 2 amide bonds. The summed E-state index contributed by atoms with van der Waals surface area (Å²) in [5.74, 6) is -0.254. The Hall–Kier alpha value is -2.14. The predicted molar refractivity (Wildman–Crippen MR) is 127 cm³/mol. The number of hydrogen-bond acceptors (Lipinski definition) is 4. The highest BCUT2D eigenvalue weighted by molar-refractivity contribution is 9.10. The summed E-state index contributed by atoms with van der Waals surface area (Å²) in [5.41, 5.74) is 1.31. The number of carbonyl (C=O) groups excluding carboxylic acids is 1. The lowest BCUT2D eigenvalue weighted by atomic mass is 10.1. The van der Waals surface area contributed by atoms with Gasteiger partial charge in [-0.3, -0.25) is 9.69 Å². The van der Waals surface area contributed by atoms with Crippen LogP contribution in [-0.4, -0.2) is 43.7 Å². The fourth-order valence-corrected chi connectivity index (χ4v) is 4.09. The number of carboxylic acid groups (broad SMARTS) is 1. The highest BCUT2D eigenvalue weighted by Crippen LogP contribution is 2.34. The predicted octanol–water partition coefficient (Wildman–Crippen LogP) is 5.78. The number of rotatable bonds is 6. The minimum atomic E-state index is -1.18. The van der Waals surface area contributed by atoms with Crippen molar-refractivity contribution in [2.75, 3.05) is 22.1 Å². The number of alkyl halides is 1. The van der Waals surface area contributed by atoms with Gasteiger partial charge in [0.15, 0.2) is 5.82 Å². The van der Waals surface area contributed by atoms with Gasteiger partial charge in [0.05, 0.1) is 16.4 Å². The molecule has 12 heteroatoms. The van der Waals surface area contributed by atoms with Crippen molar-refractivity contribution >= 4 is 78.4 Å². The zero-order chi connectivity index (χ0) is 22.7. The van der Waals surface area contributed by atoms with Crippen molar-refractivity contribution in [2.45, 2.75) is 6.92 Å². The number of nitrogens with zero attached hydrogens (tertiary/aromatic N) is 4. The van der Waals surface area contributed by atoms with Crippen LogP contribution in [-0.2, 0) is 0 Å². The van der Waals surface area contributed by atoms with Crippen molar-refractivity contribution in [1.82, 2.24) is 14.8 Å². The average Bonchev–Trinajstić information content (AvgIpc) is 3.09. The van der Waals surface area contributed by atoms with E-state index in [0.717, 1.165) is 4.90 Å². The van der Waals surface area contributed by atoms with Gasteiger partial charge in [0.2, 0.25) is 0 Å². The number of pyridine rings is 1. The third-order valence-electron chi connectivity index (χ3n) is 4.20. The van der Waals surface area contributed by atoms with E-state index in [1.54, 1.807) is 25.1 Å². The molecule has 0 saturated carbocycles. The highest BCUT2D eigenvalue weighted by Gasteiger charge is 2.24. The van der Waals surface area contributed by atoms with Gasteiger partial charge in [0.1, 0.15) is 10.3 Å². The summed E-state index contributed by atoms with van der Waals surface area (Å²) in [6.45, 7) is 1.88. The van der Waals surface area contributed by atoms with E-state index >= 15 is 0 Å². The quantitative estimate of drug-likeness (QED) is 0.354. The Morgan fingerprint density at radius 2 is 2.03 bits per heavy atom. The maximum Gasteiger partial charge on any atom is 0.411 e. The van der Waals surface area contributed by atoms with E-state index in [0.29, 0.717) is 31.2 Å². The number of halogens is 4. The lowest BCUT2D eigenvalue weighted by Gasteiger charge is -2.23. The average molecular weight is 592 g/mol. The molecule has 2 heterocycles. The van der Waals surface area contributed by atoms with Gasteiger partial charge in [-0.05, 0) is 52.7 Å². The van der Waals surface area contributed by atoms with Crippen LogP contribution < -0.4 is 10.2 Å². The molecule has 0 bridgehead atoms. The van der Waals surface area contributed by atoms with E-state index in [2.05, 4.69) is 47.3 Å². The Balaban J connectivity index is 2.06. The SMILES string of the molecule is Cc1cc(Cl)cc(N(CCBr)C(=O)O)c1NC(=O)c1cc(Br)nn1-c1ncccc1Cl. The van der Waals surface area contributed by atoms with Gasteiger partial charge in [-0.15, -0.1) is 0 Å². The molecular weight excluding hydrogens is 577 g/mol. The molecule has 0 unspecified atom stereocenters. The number of aryl methyl sites for hydroxylation is 1. The van der Waals surface area contributed by atoms with Crippen LogP contribution in [0.1, 0.15) is 16.1 Å². The van der Waals surface area contributed by atoms with E-state index in [4.69, 9.17) is 23.2 Å². The molecular formula is C19H15Br2Cl2N5O3. The van der Waals surface area contributed by atoms with Crippen LogP contribution >= 0.6 is 55.1 Å². The summed E-state index contributed by atoms with van der Waals surface area (Å²) in [6.07, 6.45) is 0.356. The largest absolute Gasteiger partial charge is 0.465 e. The van der Waals surface area contributed by atoms with Crippen LogP contribution in [0.25, 0.3) is 5.82 Å². The van der Waals surface area contributed by atoms with Crippen molar-refractivity contribution in [3.05, 3.63) is 62.4 Å². The third-order valence-corrected chi connectivity index (χ3v) is 5.46. The zero-order valence-electron chi connectivity index (χ0n) is 15.9. The molecule has 8 nitrogen and oxygen atoms in total. The number of benzene rings is 1. The fraction of sp³-hybridized carbons (Fsp3) is 0.158. The topological polar surface area (TPSA) is 100 Å². The van der Waals surface area contributed by atoms with E-state index < -0.39 is 12.0 Å². The number of anilines is 2. The second kappa shape index (κ2) is 9.99. The first-order valence-electron chi connectivity index (χ1n) is 8.77. The monoisotopic (exact) mass is 589 g/mol. The molecule has 3 aromatic rings. The molecule has 0 aliphatic rings. The van der Waals surface area contributed by atoms with Crippen LogP contribution in [0, 0.1) is 6.92 Å². The lowest BCUT2D eigenvalue weighted by Crippen LogP contribution is -2.32. The Morgan fingerprint density at radius 3 is 2.68 bits per heavy atom. The van der Waals surface area contributed by atoms with Gasteiger partial charge in [0, 0.05) is 29.2 Å². The summed E-state index contributed by atoms with van der Waals surface area (Å²) in [5, 5.41) is 17.7. The smallest absolute Gasteiger partial charge is 0.411 e. The fourth-order valence-electron chi connectivity index (χ4n) is 2.89. The Kier molecular flexibility index (Phi) is 7.58. The molecule has 0 aliphatic heterocycles. The van der Waals surface area contributed by atoms with Gasteiger partial charge in [-0.25, -0.2) is 14.5 Å². The summed E-state index contributed by atoms with van der Waals surface area (Å²) in [4.78, 5) is 30.3. The van der Waals surface area contributed by atoms with Crippen molar-refractivity contribution in [2.24, 2.45) is 0 Å². The van der Waals surface area contributed by atoms with Crippen LogP contribution in [0.3, 0.4) is 0 Å². The standard InChI is InChI=1S/C19H15Br2Cl2N5O3/c1-10-7-11(22)8-13(27(6-4-20)19(30)31)16(10)25-18(29)14-9-15(21)26-28(14)17-12(23)3-2-5-24-17/h2-3,5,7-9H,4,6H2,1H3,(H,25,29)(H,30,31). The van der Waals surface area contributed by atoms with Crippen molar-refractivity contribution in [3.8, 4) is 5.82 Å². The van der Waals surface area contributed by atoms with Crippen LogP contribution in [0.15, 0.2) is 41.1 Å². The van der Waals surface area contributed by atoms with E-state index in [9.17, 15) is 14.7 Å². The Bertz CT molecular complexity index is 1160. The minimum absolute atomic E-state index is 0.148. The van der Waals surface area contributed by atoms with Crippen molar-refractivity contribution in [1.29, 1.82) is 0 Å². The first-order chi connectivity index (χ1) is 14.7. The molecule has 3 rings (SSSR count). The first kappa shape index (κ1) is 23.5.